The largest absolute Gasteiger partial charge is 0.361 e. The van der Waals surface area contributed by atoms with Crippen LogP contribution in [0.15, 0.2) is 30.5 Å². The van der Waals surface area contributed by atoms with Crippen LogP contribution in [0.4, 0.5) is 0 Å². The SMILES string of the molecule is Cl.O=C(OCl)c1ccc2cc[nH]c2c1. The van der Waals surface area contributed by atoms with Crippen molar-refractivity contribution in [3.63, 3.8) is 0 Å². The monoisotopic (exact) mass is 231 g/mol. The minimum absolute atomic E-state index is 0. The Morgan fingerprint density at radius 1 is 1.36 bits per heavy atom. The molecule has 1 aromatic heterocycles. The topological polar surface area (TPSA) is 42.1 Å². The molecule has 0 saturated heterocycles. The molecule has 74 valence electrons. The van der Waals surface area contributed by atoms with Gasteiger partial charge in [0.15, 0.2) is 0 Å². The van der Waals surface area contributed by atoms with Crippen molar-refractivity contribution in [2.24, 2.45) is 0 Å². The number of fused-ring (bicyclic) bond motifs is 1. The fourth-order valence-electron chi connectivity index (χ4n) is 1.22. The van der Waals surface area contributed by atoms with Crippen molar-refractivity contribution in [3.05, 3.63) is 36.0 Å². The van der Waals surface area contributed by atoms with Crippen LogP contribution < -0.4 is 0 Å². The fourth-order valence-corrected chi connectivity index (χ4v) is 1.31. The van der Waals surface area contributed by atoms with E-state index in [0.717, 1.165) is 10.9 Å². The summed E-state index contributed by atoms with van der Waals surface area (Å²) in [6, 6.07) is 7.11. The molecule has 14 heavy (non-hydrogen) atoms. The van der Waals surface area contributed by atoms with Gasteiger partial charge < -0.3 is 9.27 Å². The Kier molecular flexibility index (Phi) is 3.38. The molecule has 0 radical (unpaired) electrons. The van der Waals surface area contributed by atoms with Gasteiger partial charge in [-0.3, -0.25) is 0 Å². The van der Waals surface area contributed by atoms with Gasteiger partial charge in [-0.25, -0.2) is 4.79 Å². The zero-order valence-corrected chi connectivity index (χ0v) is 8.56. The fraction of sp³-hybridized carbons (Fsp3) is 0. The lowest BCUT2D eigenvalue weighted by Crippen LogP contribution is -1.96. The van der Waals surface area contributed by atoms with Gasteiger partial charge in [0.1, 0.15) is 11.9 Å². The van der Waals surface area contributed by atoms with Crippen molar-refractivity contribution in [2.45, 2.75) is 0 Å². The Morgan fingerprint density at radius 2 is 2.14 bits per heavy atom. The standard InChI is InChI=1S/C9H6ClNO2.ClH/c10-13-9(12)7-2-1-6-3-4-11-8(6)5-7;/h1-5,11H;1H. The lowest BCUT2D eigenvalue weighted by molar-refractivity contribution is 0.0751. The van der Waals surface area contributed by atoms with Crippen LogP contribution in [0.2, 0.25) is 0 Å². The van der Waals surface area contributed by atoms with Gasteiger partial charge >= 0.3 is 5.97 Å². The first-order chi connectivity index (χ1) is 6.31. The number of carbonyl (C=O) groups is 1. The summed E-state index contributed by atoms with van der Waals surface area (Å²) in [5, 5.41) is 1.05. The van der Waals surface area contributed by atoms with Crippen molar-refractivity contribution in [1.82, 2.24) is 4.98 Å². The lowest BCUT2D eigenvalue weighted by atomic mass is 10.2. The molecule has 0 spiro atoms. The second-order valence-corrected chi connectivity index (χ2v) is 2.80. The predicted molar refractivity (Wildman–Crippen MR) is 56.8 cm³/mol. The number of aromatic amines is 1. The molecule has 0 saturated carbocycles. The normalized spacial score (nSPS) is 9.50. The highest BCUT2D eigenvalue weighted by Crippen LogP contribution is 2.14. The number of hydrogen-bond donors (Lipinski definition) is 1. The summed E-state index contributed by atoms with van der Waals surface area (Å²) in [6.45, 7) is 0. The zero-order valence-electron chi connectivity index (χ0n) is 6.99. The maximum atomic E-state index is 11.0. The highest BCUT2D eigenvalue weighted by atomic mass is 35.5. The molecular weight excluding hydrogens is 225 g/mol. The quantitative estimate of drug-likeness (QED) is 0.821. The van der Waals surface area contributed by atoms with Gasteiger partial charge in [-0.15, -0.1) is 12.4 Å². The van der Waals surface area contributed by atoms with Crippen LogP contribution in [0.5, 0.6) is 0 Å². The number of halogens is 2. The minimum atomic E-state index is -0.543. The Labute approximate surface area is 91.6 Å². The van der Waals surface area contributed by atoms with E-state index in [1.165, 1.54) is 0 Å². The molecule has 0 atom stereocenters. The van der Waals surface area contributed by atoms with Gasteiger partial charge in [0.05, 0.1) is 5.56 Å². The molecule has 1 aromatic carbocycles. The molecule has 1 N–H and O–H groups in total. The van der Waals surface area contributed by atoms with Crippen molar-refractivity contribution in [3.8, 4) is 0 Å². The highest BCUT2D eigenvalue weighted by Gasteiger charge is 2.06. The second-order valence-electron chi connectivity index (χ2n) is 2.64. The summed E-state index contributed by atoms with van der Waals surface area (Å²) >= 11 is 4.95. The molecule has 3 nitrogen and oxygen atoms in total. The minimum Gasteiger partial charge on any atom is -0.361 e. The van der Waals surface area contributed by atoms with E-state index in [9.17, 15) is 4.79 Å². The predicted octanol–water partition coefficient (Wildman–Crippen LogP) is 2.90. The molecule has 1 heterocycles. The molecule has 0 unspecified atom stereocenters. The lowest BCUT2D eigenvalue weighted by Gasteiger charge is -1.95. The van der Waals surface area contributed by atoms with Crippen molar-refractivity contribution in [2.75, 3.05) is 0 Å². The van der Waals surface area contributed by atoms with E-state index in [1.807, 2.05) is 12.1 Å². The average molecular weight is 232 g/mol. The summed E-state index contributed by atoms with van der Waals surface area (Å²) in [5.74, 6) is -0.543. The Bertz CT molecular complexity index is 453. The smallest absolute Gasteiger partial charge is 0.356 e. The molecule has 0 aliphatic carbocycles. The van der Waals surface area contributed by atoms with Crippen LogP contribution in [0.3, 0.4) is 0 Å². The number of hydrogen-bond acceptors (Lipinski definition) is 2. The number of aromatic nitrogens is 1. The van der Waals surface area contributed by atoms with Crippen LogP contribution in [0, 0.1) is 0 Å². The first-order valence-electron chi connectivity index (χ1n) is 3.71. The molecule has 0 amide bonds. The highest BCUT2D eigenvalue weighted by molar-refractivity contribution is 6.16. The Balaban J connectivity index is 0.000000980. The van der Waals surface area contributed by atoms with Crippen LogP contribution in [0.1, 0.15) is 10.4 Å². The molecule has 0 aliphatic heterocycles. The first-order valence-corrected chi connectivity index (χ1v) is 4.02. The first kappa shape index (κ1) is 10.9. The zero-order chi connectivity index (χ0) is 9.26. The molecule has 0 aliphatic rings. The van der Waals surface area contributed by atoms with Gasteiger partial charge in [-0.05, 0) is 23.6 Å². The third-order valence-electron chi connectivity index (χ3n) is 1.86. The Hall–Kier alpha value is -1.19. The van der Waals surface area contributed by atoms with Crippen molar-refractivity contribution >= 4 is 41.1 Å². The van der Waals surface area contributed by atoms with E-state index in [1.54, 1.807) is 18.3 Å². The molecule has 2 aromatic rings. The van der Waals surface area contributed by atoms with E-state index >= 15 is 0 Å². The van der Waals surface area contributed by atoms with E-state index < -0.39 is 5.97 Å². The molecular formula is C9H7Cl2NO2. The van der Waals surface area contributed by atoms with Crippen LogP contribution in [0.25, 0.3) is 10.9 Å². The van der Waals surface area contributed by atoms with Crippen LogP contribution in [-0.2, 0) is 4.29 Å². The summed E-state index contributed by atoms with van der Waals surface area (Å²) in [7, 11) is 0. The molecule has 2 rings (SSSR count). The van der Waals surface area contributed by atoms with Crippen LogP contribution >= 0.6 is 24.3 Å². The molecule has 0 bridgehead atoms. The number of carbonyl (C=O) groups excluding carboxylic acids is 1. The van der Waals surface area contributed by atoms with Gasteiger partial charge in [0, 0.05) is 11.7 Å². The molecule has 0 fully saturated rings. The van der Waals surface area contributed by atoms with E-state index in [0.29, 0.717) is 5.56 Å². The second kappa shape index (κ2) is 4.35. The third kappa shape index (κ3) is 1.84. The summed E-state index contributed by atoms with van der Waals surface area (Å²) in [6.07, 6.45) is 1.81. The maximum Gasteiger partial charge on any atom is 0.356 e. The Morgan fingerprint density at radius 3 is 2.86 bits per heavy atom. The van der Waals surface area contributed by atoms with E-state index in [2.05, 4.69) is 9.27 Å². The van der Waals surface area contributed by atoms with Gasteiger partial charge in [0.2, 0.25) is 0 Å². The summed E-state index contributed by atoms with van der Waals surface area (Å²) in [5.41, 5.74) is 1.32. The van der Waals surface area contributed by atoms with E-state index in [4.69, 9.17) is 11.9 Å². The number of nitrogens with one attached hydrogen (secondary N) is 1. The maximum absolute atomic E-state index is 11.0. The third-order valence-corrected chi connectivity index (χ3v) is 2.00. The number of H-pyrrole nitrogens is 1. The van der Waals surface area contributed by atoms with Gasteiger partial charge in [-0.2, -0.15) is 0 Å². The number of benzene rings is 1. The van der Waals surface area contributed by atoms with Crippen LogP contribution in [-0.4, -0.2) is 11.0 Å². The average Bonchev–Trinajstić information content (AvgIpc) is 2.63. The summed E-state index contributed by atoms with van der Waals surface area (Å²) in [4.78, 5) is 14.0. The van der Waals surface area contributed by atoms with Gasteiger partial charge in [0.25, 0.3) is 0 Å². The molecule has 5 heteroatoms. The summed E-state index contributed by atoms with van der Waals surface area (Å²) < 4.78 is 4.08. The van der Waals surface area contributed by atoms with E-state index in [-0.39, 0.29) is 12.4 Å². The number of rotatable bonds is 1. The van der Waals surface area contributed by atoms with Crippen molar-refractivity contribution < 1.29 is 9.08 Å². The van der Waals surface area contributed by atoms with Crippen molar-refractivity contribution in [1.29, 1.82) is 0 Å². The van der Waals surface area contributed by atoms with Gasteiger partial charge in [-0.1, -0.05) is 6.07 Å².